The van der Waals surface area contributed by atoms with Crippen molar-refractivity contribution >= 4 is 0 Å². The minimum absolute atomic E-state index is 0.0121. The van der Waals surface area contributed by atoms with Gasteiger partial charge in [-0.2, -0.15) is 0 Å². The molecular weight excluding hydrogens is 216 g/mol. The van der Waals surface area contributed by atoms with Gasteiger partial charge in [0.15, 0.2) is 6.29 Å². The highest BCUT2D eigenvalue weighted by atomic mass is 16.7. The van der Waals surface area contributed by atoms with E-state index in [9.17, 15) is 0 Å². The molecule has 0 spiro atoms. The first-order valence-electron chi connectivity index (χ1n) is 6.63. The molecule has 0 aliphatic carbocycles. The molecule has 2 aliphatic heterocycles. The van der Waals surface area contributed by atoms with Crippen LogP contribution in [-0.2, 0) is 14.2 Å². The van der Waals surface area contributed by atoms with E-state index in [2.05, 4.69) is 26.8 Å². The van der Waals surface area contributed by atoms with Crippen LogP contribution in [0.5, 0.6) is 0 Å². The molecule has 0 radical (unpaired) electrons. The first kappa shape index (κ1) is 13.1. The van der Waals surface area contributed by atoms with Gasteiger partial charge in [0.2, 0.25) is 0 Å². The van der Waals surface area contributed by atoms with Crippen molar-refractivity contribution in [1.29, 1.82) is 0 Å². The Kier molecular flexibility index (Phi) is 4.60. The summed E-state index contributed by atoms with van der Waals surface area (Å²) in [6.07, 6.45) is 3.34. The Balaban J connectivity index is 1.98. The molecule has 2 saturated heterocycles. The average molecular weight is 240 g/mol. The maximum absolute atomic E-state index is 5.68. The molecule has 0 N–H and O–H groups in total. The van der Waals surface area contributed by atoms with E-state index < -0.39 is 0 Å². The van der Waals surface area contributed by atoms with Gasteiger partial charge in [-0.05, 0) is 31.6 Å². The van der Waals surface area contributed by atoms with Gasteiger partial charge in [0.25, 0.3) is 0 Å². The van der Waals surface area contributed by atoms with E-state index in [0.29, 0.717) is 17.8 Å². The molecule has 0 unspecified atom stereocenters. The molecule has 2 fully saturated rings. The van der Waals surface area contributed by atoms with Gasteiger partial charge in [0.05, 0.1) is 19.8 Å². The number of hydrogen-bond acceptors (Lipinski definition) is 3. The zero-order valence-electron chi connectivity index (χ0n) is 11.1. The van der Waals surface area contributed by atoms with Gasteiger partial charge in [-0.1, -0.05) is 18.6 Å². The molecule has 0 aromatic carbocycles. The van der Waals surface area contributed by atoms with Crippen molar-refractivity contribution in [2.75, 3.05) is 26.4 Å². The van der Waals surface area contributed by atoms with Crippen LogP contribution in [0.25, 0.3) is 0 Å². The predicted molar refractivity (Wildman–Crippen MR) is 66.7 cm³/mol. The fourth-order valence-electron chi connectivity index (χ4n) is 2.79. The third kappa shape index (κ3) is 3.54. The molecule has 3 atom stereocenters. The van der Waals surface area contributed by atoms with Gasteiger partial charge in [0, 0.05) is 13.0 Å². The summed E-state index contributed by atoms with van der Waals surface area (Å²) in [7, 11) is 0. The van der Waals surface area contributed by atoms with E-state index in [1.165, 1.54) is 5.57 Å². The Bertz CT molecular complexity index is 265. The van der Waals surface area contributed by atoms with Crippen LogP contribution in [-0.4, -0.2) is 32.7 Å². The smallest absolute Gasteiger partial charge is 0.158 e. The summed E-state index contributed by atoms with van der Waals surface area (Å²) in [4.78, 5) is 0. The Labute approximate surface area is 104 Å². The molecule has 2 rings (SSSR count). The van der Waals surface area contributed by atoms with Gasteiger partial charge in [0.1, 0.15) is 0 Å². The van der Waals surface area contributed by atoms with E-state index in [0.717, 1.165) is 32.8 Å². The number of rotatable bonds is 3. The highest BCUT2D eigenvalue weighted by Crippen LogP contribution is 2.33. The minimum atomic E-state index is -0.0121. The molecule has 98 valence electrons. The molecule has 2 heterocycles. The van der Waals surface area contributed by atoms with E-state index in [1.807, 2.05) is 0 Å². The lowest BCUT2D eigenvalue weighted by Gasteiger charge is -2.36. The Morgan fingerprint density at radius 3 is 2.53 bits per heavy atom. The normalized spacial score (nSPS) is 34.9. The lowest BCUT2D eigenvalue weighted by molar-refractivity contribution is -0.0884. The quantitative estimate of drug-likeness (QED) is 0.710. The molecule has 0 saturated carbocycles. The molecule has 17 heavy (non-hydrogen) atoms. The summed E-state index contributed by atoms with van der Waals surface area (Å²) in [6, 6.07) is 0. The van der Waals surface area contributed by atoms with Crippen LogP contribution >= 0.6 is 0 Å². The van der Waals surface area contributed by atoms with Crippen molar-refractivity contribution in [1.82, 2.24) is 0 Å². The molecular formula is C14H24O3. The van der Waals surface area contributed by atoms with Crippen LogP contribution in [0, 0.1) is 17.8 Å². The topological polar surface area (TPSA) is 27.7 Å². The first-order valence-corrected chi connectivity index (χ1v) is 6.63. The van der Waals surface area contributed by atoms with Crippen LogP contribution in [0.2, 0.25) is 0 Å². The zero-order chi connectivity index (χ0) is 12.3. The summed E-state index contributed by atoms with van der Waals surface area (Å²) < 4.78 is 16.8. The van der Waals surface area contributed by atoms with Crippen molar-refractivity contribution in [3.63, 3.8) is 0 Å². The maximum atomic E-state index is 5.68. The van der Waals surface area contributed by atoms with E-state index in [1.54, 1.807) is 0 Å². The van der Waals surface area contributed by atoms with Gasteiger partial charge in [-0.3, -0.25) is 0 Å². The summed E-state index contributed by atoms with van der Waals surface area (Å²) in [5, 5.41) is 0. The second kappa shape index (κ2) is 5.98. The number of allylic oxidation sites excluding steroid dienone is 2. The van der Waals surface area contributed by atoms with Crippen molar-refractivity contribution in [3.8, 4) is 0 Å². The first-order chi connectivity index (χ1) is 8.16. The van der Waals surface area contributed by atoms with Gasteiger partial charge in [-0.25, -0.2) is 0 Å². The summed E-state index contributed by atoms with van der Waals surface area (Å²) in [5.74, 6) is 1.71. The van der Waals surface area contributed by atoms with Crippen LogP contribution in [0.3, 0.4) is 0 Å². The third-order valence-corrected chi connectivity index (χ3v) is 3.63. The van der Waals surface area contributed by atoms with E-state index >= 15 is 0 Å². The van der Waals surface area contributed by atoms with Crippen LogP contribution in [0.1, 0.15) is 27.2 Å². The molecule has 0 aromatic heterocycles. The summed E-state index contributed by atoms with van der Waals surface area (Å²) in [5.41, 5.74) is 1.39. The highest BCUT2D eigenvalue weighted by Gasteiger charge is 2.33. The van der Waals surface area contributed by atoms with Crippen LogP contribution in [0.15, 0.2) is 11.6 Å². The van der Waals surface area contributed by atoms with Crippen molar-refractivity contribution in [2.24, 2.45) is 17.8 Å². The number of ether oxygens (including phenoxy) is 3. The number of hydrogen-bond donors (Lipinski definition) is 0. The molecule has 0 amide bonds. The zero-order valence-corrected chi connectivity index (χ0v) is 11.1. The predicted octanol–water partition coefficient (Wildman–Crippen LogP) is 2.61. The lowest BCUT2D eigenvalue weighted by atomic mass is 9.78. The molecule has 3 nitrogen and oxygen atoms in total. The molecule has 0 bridgehead atoms. The van der Waals surface area contributed by atoms with Crippen molar-refractivity contribution < 1.29 is 14.2 Å². The SMILES string of the molecule is CC(C)=C[C@H]1[C@H](CC2OCCO2)COC[C@@H]1C. The Morgan fingerprint density at radius 2 is 1.88 bits per heavy atom. The largest absolute Gasteiger partial charge is 0.381 e. The monoisotopic (exact) mass is 240 g/mol. The van der Waals surface area contributed by atoms with E-state index in [-0.39, 0.29) is 6.29 Å². The second-order valence-electron chi connectivity index (χ2n) is 5.50. The van der Waals surface area contributed by atoms with Crippen LogP contribution in [0.4, 0.5) is 0 Å². The Morgan fingerprint density at radius 1 is 1.18 bits per heavy atom. The fraction of sp³-hybridized carbons (Fsp3) is 0.857. The third-order valence-electron chi connectivity index (χ3n) is 3.63. The summed E-state index contributed by atoms with van der Waals surface area (Å²) in [6.45, 7) is 9.79. The fourth-order valence-corrected chi connectivity index (χ4v) is 2.79. The van der Waals surface area contributed by atoms with Gasteiger partial charge >= 0.3 is 0 Å². The molecule has 2 aliphatic rings. The maximum Gasteiger partial charge on any atom is 0.158 e. The summed E-state index contributed by atoms with van der Waals surface area (Å²) >= 11 is 0. The molecule has 3 heteroatoms. The molecule has 0 aromatic rings. The van der Waals surface area contributed by atoms with E-state index in [4.69, 9.17) is 14.2 Å². The van der Waals surface area contributed by atoms with Crippen molar-refractivity contribution in [2.45, 2.75) is 33.5 Å². The lowest BCUT2D eigenvalue weighted by Crippen LogP contribution is -2.35. The standard InChI is InChI=1S/C14H24O3/c1-10(2)6-13-11(3)8-15-9-12(13)7-14-16-4-5-17-14/h6,11-14H,4-5,7-9H2,1-3H3/t11-,12+,13+/m0/s1. The van der Waals surface area contributed by atoms with Gasteiger partial charge < -0.3 is 14.2 Å². The average Bonchev–Trinajstić information content (AvgIpc) is 2.75. The Hall–Kier alpha value is -0.380. The second-order valence-corrected chi connectivity index (χ2v) is 5.50. The minimum Gasteiger partial charge on any atom is -0.381 e. The van der Waals surface area contributed by atoms with Crippen molar-refractivity contribution in [3.05, 3.63) is 11.6 Å². The van der Waals surface area contributed by atoms with Gasteiger partial charge in [-0.15, -0.1) is 0 Å². The highest BCUT2D eigenvalue weighted by molar-refractivity contribution is 5.02. The van der Waals surface area contributed by atoms with Crippen LogP contribution < -0.4 is 0 Å².